The number of halogens is 2. The van der Waals surface area contributed by atoms with Gasteiger partial charge in [-0.05, 0) is 37.5 Å². The van der Waals surface area contributed by atoms with Gasteiger partial charge in [0.2, 0.25) is 0 Å². The molecule has 0 amide bonds. The molecule has 100 valence electrons. The van der Waals surface area contributed by atoms with Crippen molar-refractivity contribution in [2.45, 2.75) is 38.8 Å². The third-order valence-electron chi connectivity index (χ3n) is 3.24. The summed E-state index contributed by atoms with van der Waals surface area (Å²) >= 11 is 9.27. The normalized spacial score (nSPS) is 15.3. The van der Waals surface area contributed by atoms with Crippen molar-refractivity contribution >= 4 is 27.5 Å². The lowest BCUT2D eigenvalue weighted by Crippen LogP contribution is -2.25. The lowest BCUT2D eigenvalue weighted by molar-refractivity contribution is 0.351. The summed E-state index contributed by atoms with van der Waals surface area (Å²) in [4.78, 5) is 0. The van der Waals surface area contributed by atoms with Gasteiger partial charge in [0.1, 0.15) is 5.75 Å². The fraction of sp³-hybridized carbons (Fsp3) is 0.571. The van der Waals surface area contributed by atoms with Crippen LogP contribution in [0.1, 0.15) is 30.9 Å². The van der Waals surface area contributed by atoms with Crippen molar-refractivity contribution in [2.75, 3.05) is 12.5 Å². The van der Waals surface area contributed by atoms with E-state index in [0.29, 0.717) is 6.04 Å². The maximum Gasteiger partial charge on any atom is 0.127 e. The highest BCUT2D eigenvalue weighted by Crippen LogP contribution is 2.32. The van der Waals surface area contributed by atoms with Crippen LogP contribution in [-0.2, 0) is 13.0 Å². The average molecular weight is 333 g/mol. The Hall–Kier alpha value is -0.250. The minimum atomic E-state index is 0.486. The van der Waals surface area contributed by atoms with Gasteiger partial charge in [-0.3, -0.25) is 0 Å². The van der Waals surface area contributed by atoms with E-state index in [1.54, 1.807) is 0 Å². The molecule has 18 heavy (non-hydrogen) atoms. The molecular formula is C14H19BrClNO. The van der Waals surface area contributed by atoms with Crippen LogP contribution in [0.4, 0.5) is 0 Å². The van der Waals surface area contributed by atoms with E-state index in [9.17, 15) is 0 Å². The van der Waals surface area contributed by atoms with Gasteiger partial charge in [-0.25, -0.2) is 0 Å². The Bertz CT molecular complexity index is 411. The zero-order valence-electron chi connectivity index (χ0n) is 10.6. The number of hydrogen-bond acceptors (Lipinski definition) is 2. The fourth-order valence-corrected chi connectivity index (χ4v) is 2.95. The van der Waals surface area contributed by atoms with Crippen LogP contribution in [0.2, 0.25) is 0 Å². The maximum atomic E-state index is 5.72. The number of hydrogen-bond donors (Lipinski definition) is 1. The van der Waals surface area contributed by atoms with Crippen LogP contribution < -0.4 is 10.1 Å². The molecule has 0 spiro atoms. The van der Waals surface area contributed by atoms with E-state index >= 15 is 0 Å². The Labute approximate surface area is 122 Å². The Morgan fingerprint density at radius 1 is 1.50 bits per heavy atom. The predicted molar refractivity (Wildman–Crippen MR) is 79.6 cm³/mol. The summed E-state index contributed by atoms with van der Waals surface area (Å²) in [7, 11) is 0. The number of fused-ring (bicyclic) bond motifs is 1. The van der Waals surface area contributed by atoms with Crippen molar-refractivity contribution < 1.29 is 4.74 Å². The van der Waals surface area contributed by atoms with E-state index in [4.69, 9.17) is 16.3 Å². The average Bonchev–Trinajstić information content (AvgIpc) is 2.81. The summed E-state index contributed by atoms with van der Waals surface area (Å²) in [5.41, 5.74) is 2.56. The van der Waals surface area contributed by atoms with Gasteiger partial charge in [-0.1, -0.05) is 15.9 Å². The summed E-state index contributed by atoms with van der Waals surface area (Å²) in [5, 5.41) is 3.53. The zero-order chi connectivity index (χ0) is 13.0. The smallest absolute Gasteiger partial charge is 0.127 e. The second-order valence-corrected chi connectivity index (χ2v) is 6.06. The molecule has 0 aromatic heterocycles. The number of benzene rings is 1. The first-order chi connectivity index (χ1) is 8.70. The highest BCUT2D eigenvalue weighted by Gasteiger charge is 2.17. The topological polar surface area (TPSA) is 21.3 Å². The lowest BCUT2D eigenvalue weighted by Gasteiger charge is -2.15. The standard InChI is InChI=1S/C14H19BrClNO/c1-10(3-2-5-16)17-9-12-8-13(15)7-11-4-6-18-14(11)12/h7-8,10,17H,2-6,9H2,1H3. The molecule has 0 radical (unpaired) electrons. The molecule has 2 nitrogen and oxygen atoms in total. The van der Waals surface area contributed by atoms with Gasteiger partial charge < -0.3 is 10.1 Å². The van der Waals surface area contributed by atoms with Crippen LogP contribution in [0.25, 0.3) is 0 Å². The molecular weight excluding hydrogens is 314 g/mol. The van der Waals surface area contributed by atoms with Crippen LogP contribution >= 0.6 is 27.5 Å². The van der Waals surface area contributed by atoms with Gasteiger partial charge in [-0.15, -0.1) is 11.6 Å². The SMILES string of the molecule is CC(CCCCl)NCc1cc(Br)cc2c1OCC2. The molecule has 1 aromatic rings. The maximum absolute atomic E-state index is 5.72. The molecule has 0 saturated heterocycles. The second-order valence-electron chi connectivity index (χ2n) is 4.76. The summed E-state index contributed by atoms with van der Waals surface area (Å²) < 4.78 is 6.85. The number of nitrogens with one attached hydrogen (secondary N) is 1. The summed E-state index contributed by atoms with van der Waals surface area (Å²) in [5.74, 6) is 1.82. The molecule has 0 fully saturated rings. The molecule has 1 unspecified atom stereocenters. The molecule has 1 aliphatic heterocycles. The Morgan fingerprint density at radius 2 is 2.33 bits per heavy atom. The Morgan fingerprint density at radius 3 is 3.11 bits per heavy atom. The highest BCUT2D eigenvalue weighted by atomic mass is 79.9. The van der Waals surface area contributed by atoms with Crippen molar-refractivity contribution in [3.8, 4) is 5.75 Å². The van der Waals surface area contributed by atoms with Crippen molar-refractivity contribution in [1.29, 1.82) is 0 Å². The first-order valence-corrected chi connectivity index (χ1v) is 7.77. The van der Waals surface area contributed by atoms with Crippen molar-refractivity contribution in [3.05, 3.63) is 27.7 Å². The van der Waals surface area contributed by atoms with Gasteiger partial charge in [0.25, 0.3) is 0 Å². The molecule has 2 rings (SSSR count). The molecule has 0 saturated carbocycles. The van der Waals surface area contributed by atoms with Crippen LogP contribution in [0.15, 0.2) is 16.6 Å². The molecule has 0 bridgehead atoms. The van der Waals surface area contributed by atoms with Gasteiger partial charge in [-0.2, -0.15) is 0 Å². The quantitative estimate of drug-likeness (QED) is 0.798. The fourth-order valence-electron chi connectivity index (χ4n) is 2.25. The summed E-state index contributed by atoms with van der Waals surface area (Å²) in [6.07, 6.45) is 3.19. The van der Waals surface area contributed by atoms with E-state index in [0.717, 1.165) is 48.5 Å². The summed E-state index contributed by atoms with van der Waals surface area (Å²) in [6.45, 7) is 3.86. The third-order valence-corrected chi connectivity index (χ3v) is 3.96. The minimum absolute atomic E-state index is 0.486. The van der Waals surface area contributed by atoms with Crippen molar-refractivity contribution in [1.82, 2.24) is 5.32 Å². The van der Waals surface area contributed by atoms with E-state index in [2.05, 4.69) is 40.3 Å². The second kappa shape index (κ2) is 6.78. The summed E-state index contributed by atoms with van der Waals surface area (Å²) in [6, 6.07) is 4.79. The van der Waals surface area contributed by atoms with Crippen LogP contribution in [-0.4, -0.2) is 18.5 Å². The van der Waals surface area contributed by atoms with Crippen molar-refractivity contribution in [3.63, 3.8) is 0 Å². The first-order valence-electron chi connectivity index (χ1n) is 6.44. The molecule has 1 aromatic carbocycles. The van der Waals surface area contributed by atoms with Crippen molar-refractivity contribution in [2.24, 2.45) is 0 Å². The largest absolute Gasteiger partial charge is 0.493 e. The molecule has 1 atom stereocenters. The lowest BCUT2D eigenvalue weighted by atomic mass is 10.1. The van der Waals surface area contributed by atoms with Gasteiger partial charge in [0.15, 0.2) is 0 Å². The van der Waals surface area contributed by atoms with E-state index in [-0.39, 0.29) is 0 Å². The number of alkyl halides is 1. The molecule has 4 heteroatoms. The van der Waals surface area contributed by atoms with Crippen LogP contribution in [0.5, 0.6) is 5.75 Å². The van der Waals surface area contributed by atoms with Gasteiger partial charge >= 0.3 is 0 Å². The van der Waals surface area contributed by atoms with Gasteiger partial charge in [0, 0.05) is 34.9 Å². The highest BCUT2D eigenvalue weighted by molar-refractivity contribution is 9.10. The Balaban J connectivity index is 1.97. The van der Waals surface area contributed by atoms with E-state index in [1.807, 2.05) is 0 Å². The predicted octanol–water partition coefficient (Wildman–Crippen LogP) is 3.88. The third kappa shape index (κ3) is 3.62. The van der Waals surface area contributed by atoms with E-state index < -0.39 is 0 Å². The zero-order valence-corrected chi connectivity index (χ0v) is 13.0. The van der Waals surface area contributed by atoms with Crippen LogP contribution in [0, 0.1) is 0 Å². The van der Waals surface area contributed by atoms with E-state index in [1.165, 1.54) is 11.1 Å². The van der Waals surface area contributed by atoms with Crippen LogP contribution in [0.3, 0.4) is 0 Å². The first kappa shape index (κ1) is 14.2. The minimum Gasteiger partial charge on any atom is -0.493 e. The monoisotopic (exact) mass is 331 g/mol. The molecule has 1 heterocycles. The number of ether oxygens (including phenoxy) is 1. The Kier molecular flexibility index (Phi) is 5.34. The number of rotatable bonds is 6. The molecule has 0 aliphatic carbocycles. The molecule has 1 N–H and O–H groups in total. The molecule has 1 aliphatic rings. The van der Waals surface area contributed by atoms with Gasteiger partial charge in [0.05, 0.1) is 6.61 Å².